The topological polar surface area (TPSA) is 21.3 Å². The molecule has 1 N–H and O–H groups in total. The average Bonchev–Trinajstić information content (AvgIpc) is 2.49. The van der Waals surface area contributed by atoms with Crippen molar-refractivity contribution in [1.29, 1.82) is 0 Å². The Kier molecular flexibility index (Phi) is 4.52. The minimum absolute atomic E-state index is 0.341. The van der Waals surface area contributed by atoms with Gasteiger partial charge < -0.3 is 10.1 Å². The van der Waals surface area contributed by atoms with Gasteiger partial charge in [-0.3, -0.25) is 0 Å². The van der Waals surface area contributed by atoms with Gasteiger partial charge in [-0.05, 0) is 56.2 Å². The molecule has 1 fully saturated rings. The summed E-state index contributed by atoms with van der Waals surface area (Å²) in [5, 5.41) is 3.60. The summed E-state index contributed by atoms with van der Waals surface area (Å²) in [7, 11) is 0. The van der Waals surface area contributed by atoms with Gasteiger partial charge in [-0.1, -0.05) is 30.7 Å². The second kappa shape index (κ2) is 6.53. The van der Waals surface area contributed by atoms with Gasteiger partial charge in [-0.15, -0.1) is 0 Å². The van der Waals surface area contributed by atoms with Crippen LogP contribution >= 0.6 is 0 Å². The van der Waals surface area contributed by atoms with Crippen LogP contribution in [0.25, 0.3) is 0 Å². The summed E-state index contributed by atoms with van der Waals surface area (Å²) in [6.07, 6.45) is 9.23. The SMILES string of the molecule is c1ccc2c(c1)CCCC2OCCC1CCCCN1. The van der Waals surface area contributed by atoms with E-state index in [1.54, 1.807) is 0 Å². The highest BCUT2D eigenvalue weighted by Gasteiger charge is 2.20. The van der Waals surface area contributed by atoms with Crippen LogP contribution in [0.1, 0.15) is 55.8 Å². The van der Waals surface area contributed by atoms with Crippen LogP contribution in [0.4, 0.5) is 0 Å². The third kappa shape index (κ3) is 3.37. The molecule has 1 aromatic carbocycles. The number of ether oxygens (including phenoxy) is 1. The number of hydrogen-bond donors (Lipinski definition) is 1. The van der Waals surface area contributed by atoms with Crippen LogP contribution in [0.5, 0.6) is 0 Å². The summed E-state index contributed by atoms with van der Waals surface area (Å²) in [4.78, 5) is 0. The maximum Gasteiger partial charge on any atom is 0.0827 e. The predicted octanol–water partition coefficient (Wildman–Crippen LogP) is 3.61. The van der Waals surface area contributed by atoms with E-state index in [1.165, 1.54) is 62.6 Å². The minimum Gasteiger partial charge on any atom is -0.373 e. The fourth-order valence-electron chi connectivity index (χ4n) is 3.41. The molecule has 2 aliphatic rings. The van der Waals surface area contributed by atoms with Crippen molar-refractivity contribution in [1.82, 2.24) is 5.32 Å². The van der Waals surface area contributed by atoms with E-state index in [0.717, 1.165) is 6.61 Å². The molecule has 0 spiro atoms. The normalized spacial score (nSPS) is 26.9. The van der Waals surface area contributed by atoms with Gasteiger partial charge in [0.05, 0.1) is 6.10 Å². The van der Waals surface area contributed by atoms with Gasteiger partial charge in [-0.25, -0.2) is 0 Å². The highest BCUT2D eigenvalue weighted by Crippen LogP contribution is 2.32. The van der Waals surface area contributed by atoms with Crippen molar-refractivity contribution in [2.24, 2.45) is 0 Å². The predicted molar refractivity (Wildman–Crippen MR) is 78.3 cm³/mol. The van der Waals surface area contributed by atoms with Gasteiger partial charge in [0.2, 0.25) is 0 Å². The lowest BCUT2D eigenvalue weighted by atomic mass is 9.89. The summed E-state index contributed by atoms with van der Waals surface area (Å²) < 4.78 is 6.17. The fraction of sp³-hybridized carbons (Fsp3) is 0.647. The Hall–Kier alpha value is -0.860. The Morgan fingerprint density at radius 2 is 2.05 bits per heavy atom. The molecule has 0 radical (unpaired) electrons. The minimum atomic E-state index is 0.341. The fourth-order valence-corrected chi connectivity index (χ4v) is 3.41. The molecule has 2 nitrogen and oxygen atoms in total. The van der Waals surface area contributed by atoms with Crippen LogP contribution in [0.3, 0.4) is 0 Å². The Bertz CT molecular complexity index is 398. The molecule has 1 aliphatic heterocycles. The number of benzene rings is 1. The lowest BCUT2D eigenvalue weighted by Crippen LogP contribution is -2.35. The molecule has 3 rings (SSSR count). The highest BCUT2D eigenvalue weighted by molar-refractivity contribution is 5.31. The molecule has 2 atom stereocenters. The third-order valence-electron chi connectivity index (χ3n) is 4.51. The molecule has 2 heteroatoms. The van der Waals surface area contributed by atoms with Gasteiger partial charge >= 0.3 is 0 Å². The third-order valence-corrected chi connectivity index (χ3v) is 4.51. The first kappa shape index (κ1) is 13.1. The number of rotatable bonds is 4. The summed E-state index contributed by atoms with van der Waals surface area (Å²) in [6, 6.07) is 9.48. The summed E-state index contributed by atoms with van der Waals surface area (Å²) in [6.45, 7) is 2.09. The lowest BCUT2D eigenvalue weighted by Gasteiger charge is -2.27. The van der Waals surface area contributed by atoms with Crippen LogP contribution in [-0.4, -0.2) is 19.2 Å². The Morgan fingerprint density at radius 3 is 2.95 bits per heavy atom. The van der Waals surface area contributed by atoms with Gasteiger partial charge in [0.1, 0.15) is 0 Å². The zero-order chi connectivity index (χ0) is 12.9. The molecule has 0 aromatic heterocycles. The Labute approximate surface area is 116 Å². The van der Waals surface area contributed by atoms with Crippen LogP contribution in [-0.2, 0) is 11.2 Å². The van der Waals surface area contributed by atoms with Crippen LogP contribution in [0, 0.1) is 0 Å². The van der Waals surface area contributed by atoms with E-state index in [9.17, 15) is 0 Å². The van der Waals surface area contributed by atoms with E-state index >= 15 is 0 Å². The van der Waals surface area contributed by atoms with E-state index < -0.39 is 0 Å². The second-order valence-corrected chi connectivity index (χ2v) is 5.89. The molecule has 1 aliphatic carbocycles. The second-order valence-electron chi connectivity index (χ2n) is 5.89. The zero-order valence-electron chi connectivity index (χ0n) is 11.7. The molecule has 1 aromatic rings. The Morgan fingerprint density at radius 1 is 1.11 bits per heavy atom. The standard InChI is InChI=1S/C17H25NO/c1-2-9-16-14(6-1)7-5-10-17(16)19-13-11-15-8-3-4-12-18-15/h1-2,6,9,15,17-18H,3-5,7-8,10-13H2. The molecule has 0 saturated carbocycles. The molecule has 1 heterocycles. The van der Waals surface area contributed by atoms with Crippen LogP contribution in [0.15, 0.2) is 24.3 Å². The summed E-state index contributed by atoms with van der Waals surface area (Å²) in [5.41, 5.74) is 2.93. The van der Waals surface area contributed by atoms with Crippen molar-refractivity contribution in [3.8, 4) is 0 Å². The first-order valence-corrected chi connectivity index (χ1v) is 7.86. The first-order valence-electron chi connectivity index (χ1n) is 7.86. The van der Waals surface area contributed by atoms with Crippen LogP contribution in [0.2, 0.25) is 0 Å². The maximum absolute atomic E-state index is 6.17. The lowest BCUT2D eigenvalue weighted by molar-refractivity contribution is 0.0338. The van der Waals surface area contributed by atoms with Gasteiger partial charge in [0.25, 0.3) is 0 Å². The van der Waals surface area contributed by atoms with E-state index in [4.69, 9.17) is 4.74 Å². The van der Waals surface area contributed by atoms with Crippen molar-refractivity contribution in [3.05, 3.63) is 35.4 Å². The van der Waals surface area contributed by atoms with Gasteiger partial charge in [-0.2, -0.15) is 0 Å². The molecule has 0 amide bonds. The molecular weight excluding hydrogens is 234 g/mol. The molecule has 0 bridgehead atoms. The van der Waals surface area contributed by atoms with E-state index in [0.29, 0.717) is 12.1 Å². The molecule has 19 heavy (non-hydrogen) atoms. The van der Waals surface area contributed by atoms with Crippen molar-refractivity contribution in [2.45, 2.75) is 57.1 Å². The average molecular weight is 259 g/mol. The van der Waals surface area contributed by atoms with Crippen molar-refractivity contribution < 1.29 is 4.74 Å². The quantitative estimate of drug-likeness (QED) is 0.892. The van der Waals surface area contributed by atoms with E-state index in [1.807, 2.05) is 0 Å². The smallest absolute Gasteiger partial charge is 0.0827 e. The largest absolute Gasteiger partial charge is 0.373 e. The molecular formula is C17H25NO. The van der Waals surface area contributed by atoms with Crippen molar-refractivity contribution in [3.63, 3.8) is 0 Å². The highest BCUT2D eigenvalue weighted by atomic mass is 16.5. The molecule has 104 valence electrons. The molecule has 1 saturated heterocycles. The number of piperidine rings is 1. The van der Waals surface area contributed by atoms with Gasteiger partial charge in [0, 0.05) is 12.6 Å². The number of hydrogen-bond acceptors (Lipinski definition) is 2. The molecule has 2 unspecified atom stereocenters. The summed E-state index contributed by atoms with van der Waals surface area (Å²) in [5.74, 6) is 0. The Balaban J connectivity index is 1.50. The number of aryl methyl sites for hydroxylation is 1. The van der Waals surface area contributed by atoms with Crippen LogP contribution < -0.4 is 5.32 Å². The van der Waals surface area contributed by atoms with Gasteiger partial charge in [0.15, 0.2) is 0 Å². The summed E-state index contributed by atoms with van der Waals surface area (Å²) >= 11 is 0. The van der Waals surface area contributed by atoms with Crippen molar-refractivity contribution in [2.75, 3.05) is 13.2 Å². The zero-order valence-corrected chi connectivity index (χ0v) is 11.7. The monoisotopic (exact) mass is 259 g/mol. The van der Waals surface area contributed by atoms with E-state index in [-0.39, 0.29) is 0 Å². The first-order chi connectivity index (χ1) is 9.43. The van der Waals surface area contributed by atoms with Crippen molar-refractivity contribution >= 4 is 0 Å². The number of nitrogens with one attached hydrogen (secondary N) is 1. The van der Waals surface area contributed by atoms with E-state index in [2.05, 4.69) is 29.6 Å². The maximum atomic E-state index is 6.17. The number of fused-ring (bicyclic) bond motifs is 1.